The Labute approximate surface area is 151 Å². The van der Waals surface area contributed by atoms with Gasteiger partial charge in [-0.15, -0.1) is 0 Å². The first-order valence-electron chi connectivity index (χ1n) is 7.41. The van der Waals surface area contributed by atoms with Gasteiger partial charge in [-0.2, -0.15) is 0 Å². The van der Waals surface area contributed by atoms with Crippen molar-refractivity contribution >= 4 is 56.6 Å². The summed E-state index contributed by atoms with van der Waals surface area (Å²) < 4.78 is 32.2. The van der Waals surface area contributed by atoms with Gasteiger partial charge in [-0.05, 0) is 0 Å². The predicted molar refractivity (Wildman–Crippen MR) is 99.8 cm³/mol. The number of para-hydroxylation sites is 1. The molecule has 0 aliphatic rings. The second kappa shape index (κ2) is 6.72. The molecule has 0 fully saturated rings. The fraction of sp³-hybridized carbons (Fsp3) is 0.188. The van der Waals surface area contributed by atoms with Crippen molar-refractivity contribution in [1.29, 1.82) is 0 Å². The van der Waals surface area contributed by atoms with E-state index < -0.39 is 14.2 Å². The van der Waals surface area contributed by atoms with Crippen LogP contribution in [0.15, 0.2) is 46.6 Å². The summed E-state index contributed by atoms with van der Waals surface area (Å²) in [6, 6.07) is 10.8. The van der Waals surface area contributed by atoms with Crippen molar-refractivity contribution in [2.24, 2.45) is 10.2 Å². The van der Waals surface area contributed by atoms with E-state index >= 15 is 0 Å². The Bertz CT molecular complexity index is 977. The molecule has 0 aliphatic heterocycles. The third-order valence-corrected chi connectivity index (χ3v) is 6.60. The number of azo groups is 1. The third kappa shape index (κ3) is 3.82. The Kier molecular flexibility index (Phi) is 4.79. The van der Waals surface area contributed by atoms with Crippen LogP contribution in [-0.2, 0) is 3.74 Å². The Morgan fingerprint density at radius 2 is 1.88 bits per heavy atom. The average Bonchev–Trinajstić information content (AvgIpc) is 2.95. The van der Waals surface area contributed by atoms with Gasteiger partial charge in [0, 0.05) is 0 Å². The Morgan fingerprint density at radius 3 is 2.52 bits per heavy atom. The van der Waals surface area contributed by atoms with Gasteiger partial charge in [0.25, 0.3) is 0 Å². The molecule has 3 rings (SSSR count). The molecular weight excluding hydrogens is 403 g/mol. The molecule has 1 aromatic heterocycles. The molecule has 0 saturated heterocycles. The summed E-state index contributed by atoms with van der Waals surface area (Å²) in [4.78, 5) is 6.05. The van der Waals surface area contributed by atoms with Crippen LogP contribution >= 0.6 is 11.3 Å². The van der Waals surface area contributed by atoms with Crippen LogP contribution in [0.25, 0.3) is 10.2 Å². The van der Waals surface area contributed by atoms with Crippen molar-refractivity contribution in [2.75, 3.05) is 19.0 Å². The number of nitrogens with zero attached hydrogens (tertiary/aromatic N) is 4. The van der Waals surface area contributed by atoms with Gasteiger partial charge in [0.05, 0.1) is 0 Å². The van der Waals surface area contributed by atoms with Crippen molar-refractivity contribution in [1.82, 2.24) is 4.98 Å². The van der Waals surface area contributed by atoms with E-state index in [1.54, 1.807) is 25.1 Å². The van der Waals surface area contributed by atoms with E-state index in [9.17, 15) is 11.9 Å². The molecule has 0 aliphatic carbocycles. The number of benzene rings is 2. The van der Waals surface area contributed by atoms with Crippen LogP contribution in [0.2, 0.25) is 0 Å². The Hall–Kier alpha value is -1.99. The molecule has 0 atom stereocenters. The van der Waals surface area contributed by atoms with Crippen LogP contribution in [0, 0.1) is 6.92 Å². The molecule has 7 nitrogen and oxygen atoms in total. The van der Waals surface area contributed by atoms with Gasteiger partial charge in [0.15, 0.2) is 0 Å². The second-order valence-electron chi connectivity index (χ2n) is 5.73. The molecule has 0 amide bonds. The monoisotopic (exact) mass is 420 g/mol. The van der Waals surface area contributed by atoms with Crippen LogP contribution in [-0.4, -0.2) is 41.4 Å². The summed E-state index contributed by atoms with van der Waals surface area (Å²) in [5.74, 6) is 0. The zero-order chi connectivity index (χ0) is 18.2. The zero-order valence-electron chi connectivity index (χ0n) is 13.9. The van der Waals surface area contributed by atoms with Crippen LogP contribution in [0.4, 0.5) is 16.5 Å². The van der Waals surface area contributed by atoms with Gasteiger partial charge >= 0.3 is 152 Å². The first-order valence-corrected chi connectivity index (χ1v) is 11.6. The standard InChI is InChI=1S/C16H17AsN4O3S/c1-10-8-14(21(2)3)11(17(22,23)24)9-13(10)19-20-16-18-12-6-4-5-7-15(12)25-16/h4-9H,1-3H3,(H2,22,23,24). The molecule has 0 saturated carbocycles. The molecule has 3 aromatic rings. The van der Waals surface area contributed by atoms with E-state index in [0.717, 1.165) is 15.8 Å². The third-order valence-electron chi connectivity index (χ3n) is 3.61. The van der Waals surface area contributed by atoms with E-state index in [-0.39, 0.29) is 4.35 Å². The molecule has 9 heteroatoms. The Balaban J connectivity index is 2.03. The predicted octanol–water partition coefficient (Wildman–Crippen LogP) is 2.65. The molecule has 2 N–H and O–H groups in total. The van der Waals surface area contributed by atoms with E-state index in [1.165, 1.54) is 17.4 Å². The number of thiazole rings is 1. The molecular formula is C16H17AsN4O3S. The fourth-order valence-electron chi connectivity index (χ4n) is 2.37. The van der Waals surface area contributed by atoms with E-state index in [1.807, 2.05) is 31.2 Å². The number of rotatable bonds is 4. The first-order chi connectivity index (χ1) is 11.8. The molecule has 0 bridgehead atoms. The second-order valence-corrected chi connectivity index (χ2v) is 10.0. The fourth-order valence-corrected chi connectivity index (χ4v) is 4.95. The molecule has 25 heavy (non-hydrogen) atoms. The maximum absolute atomic E-state index is 11.9. The van der Waals surface area contributed by atoms with Crippen molar-refractivity contribution in [3.63, 3.8) is 0 Å². The summed E-state index contributed by atoms with van der Waals surface area (Å²) >= 11 is -3.69. The topological polar surface area (TPSA) is 98.4 Å². The van der Waals surface area contributed by atoms with E-state index in [4.69, 9.17) is 0 Å². The molecule has 0 unspecified atom stereocenters. The van der Waals surface area contributed by atoms with Gasteiger partial charge in [0.2, 0.25) is 0 Å². The molecule has 130 valence electrons. The van der Waals surface area contributed by atoms with Crippen LogP contribution in [0.5, 0.6) is 0 Å². The van der Waals surface area contributed by atoms with Gasteiger partial charge in [-0.3, -0.25) is 0 Å². The summed E-state index contributed by atoms with van der Waals surface area (Å²) in [6.45, 7) is 1.83. The van der Waals surface area contributed by atoms with E-state index in [0.29, 0.717) is 16.5 Å². The summed E-state index contributed by atoms with van der Waals surface area (Å²) in [5, 5.41) is 8.81. The van der Waals surface area contributed by atoms with Crippen LogP contribution in [0.1, 0.15) is 5.56 Å². The number of anilines is 1. The van der Waals surface area contributed by atoms with Crippen LogP contribution < -0.4 is 9.25 Å². The summed E-state index contributed by atoms with van der Waals surface area (Å²) in [5.41, 5.74) is 2.54. The quantitative estimate of drug-likeness (QED) is 0.500. The minimum atomic E-state index is -5.10. The maximum atomic E-state index is 11.9. The van der Waals surface area contributed by atoms with Crippen molar-refractivity contribution < 1.29 is 11.9 Å². The first kappa shape index (κ1) is 17.8. The van der Waals surface area contributed by atoms with Gasteiger partial charge in [-0.25, -0.2) is 0 Å². The number of aromatic nitrogens is 1. The zero-order valence-corrected chi connectivity index (χ0v) is 16.6. The van der Waals surface area contributed by atoms with Crippen molar-refractivity contribution in [3.05, 3.63) is 42.0 Å². The van der Waals surface area contributed by atoms with Gasteiger partial charge < -0.3 is 0 Å². The van der Waals surface area contributed by atoms with Gasteiger partial charge in [0.1, 0.15) is 0 Å². The summed E-state index contributed by atoms with van der Waals surface area (Å²) in [7, 11) is 3.48. The SMILES string of the molecule is Cc1cc(N(C)C)c([As](=O)(O)O)cc1N=Nc1nc2ccccc2s1. The van der Waals surface area contributed by atoms with E-state index in [2.05, 4.69) is 15.2 Å². The van der Waals surface area contributed by atoms with Crippen LogP contribution in [0.3, 0.4) is 0 Å². The molecule has 0 radical (unpaired) electrons. The molecule has 1 heterocycles. The van der Waals surface area contributed by atoms with Crippen molar-refractivity contribution in [2.45, 2.75) is 6.92 Å². The summed E-state index contributed by atoms with van der Waals surface area (Å²) in [6.07, 6.45) is 0. The number of hydrogen-bond acceptors (Lipinski definition) is 6. The minimum absolute atomic E-state index is 0.00743. The average molecular weight is 420 g/mol. The molecule has 0 spiro atoms. The number of hydrogen-bond donors (Lipinski definition) is 2. The number of fused-ring (bicyclic) bond motifs is 1. The normalized spacial score (nSPS) is 12.2. The molecule has 2 aromatic carbocycles. The van der Waals surface area contributed by atoms with Crippen molar-refractivity contribution in [3.8, 4) is 0 Å². The van der Waals surface area contributed by atoms with Gasteiger partial charge in [-0.1, -0.05) is 0 Å². The Morgan fingerprint density at radius 1 is 1.16 bits per heavy atom. The number of aryl methyl sites for hydroxylation is 1.